The molecule has 0 fully saturated rings. The van der Waals surface area contributed by atoms with Crippen molar-refractivity contribution in [3.05, 3.63) is 0 Å². The summed E-state index contributed by atoms with van der Waals surface area (Å²) in [6, 6.07) is 0. The van der Waals surface area contributed by atoms with Crippen LogP contribution in [0, 0.1) is 0 Å². The SMILES string of the molecule is O=C([O-])C(=O)[O-].[NH4+].[NH4+].[Ti]. The van der Waals surface area contributed by atoms with Crippen LogP contribution in [0.3, 0.4) is 0 Å². The van der Waals surface area contributed by atoms with Gasteiger partial charge in [-0.25, -0.2) is 0 Å². The van der Waals surface area contributed by atoms with Gasteiger partial charge in [0.25, 0.3) is 0 Å². The van der Waals surface area contributed by atoms with Gasteiger partial charge in [-0.05, 0) is 0 Å². The van der Waals surface area contributed by atoms with E-state index in [4.69, 9.17) is 19.8 Å². The van der Waals surface area contributed by atoms with E-state index in [1.807, 2.05) is 0 Å². The summed E-state index contributed by atoms with van der Waals surface area (Å²) in [5.41, 5.74) is 0. The van der Waals surface area contributed by atoms with Crippen LogP contribution in [0.4, 0.5) is 0 Å². The third kappa shape index (κ3) is 18.4. The number of carbonyl (C=O) groups excluding carboxylic acids is 2. The first-order valence-corrected chi connectivity index (χ1v) is 1.07. The van der Waals surface area contributed by atoms with Crippen molar-refractivity contribution in [1.82, 2.24) is 12.3 Å². The molecule has 0 rings (SSSR count). The molecule has 0 aliphatic heterocycles. The molecule has 0 saturated carbocycles. The van der Waals surface area contributed by atoms with Crippen molar-refractivity contribution in [3.8, 4) is 0 Å². The van der Waals surface area contributed by atoms with Crippen LogP contribution in [0.15, 0.2) is 0 Å². The Bertz CT molecular complexity index is 82.6. The topological polar surface area (TPSA) is 153 Å². The van der Waals surface area contributed by atoms with Gasteiger partial charge in [0, 0.05) is 21.7 Å². The smallest absolute Gasteiger partial charge is 0.0870 e. The summed E-state index contributed by atoms with van der Waals surface area (Å²) in [5.74, 6) is -4.37. The van der Waals surface area contributed by atoms with Gasteiger partial charge in [-0.1, -0.05) is 0 Å². The Morgan fingerprint density at radius 1 is 0.889 bits per heavy atom. The van der Waals surface area contributed by atoms with Gasteiger partial charge in [0.15, 0.2) is 0 Å². The van der Waals surface area contributed by atoms with Gasteiger partial charge in [-0.2, -0.15) is 0 Å². The van der Waals surface area contributed by atoms with Gasteiger partial charge >= 0.3 is 0 Å². The van der Waals surface area contributed by atoms with E-state index in [0.29, 0.717) is 0 Å². The first kappa shape index (κ1) is 23.5. The number of quaternary nitrogens is 2. The molecule has 0 aliphatic carbocycles. The number of rotatable bonds is 0. The summed E-state index contributed by atoms with van der Waals surface area (Å²) in [7, 11) is 0. The second-order valence-corrected chi connectivity index (χ2v) is 0.575. The fourth-order valence-corrected chi connectivity index (χ4v) is 0. The zero-order valence-electron chi connectivity index (χ0n) is 5.13. The van der Waals surface area contributed by atoms with Crippen LogP contribution in [0.2, 0.25) is 0 Å². The van der Waals surface area contributed by atoms with Crippen molar-refractivity contribution in [3.63, 3.8) is 0 Å². The number of carboxylic acids is 2. The van der Waals surface area contributed by atoms with E-state index in [1.54, 1.807) is 0 Å². The first-order valence-electron chi connectivity index (χ1n) is 1.07. The van der Waals surface area contributed by atoms with Crippen molar-refractivity contribution < 1.29 is 41.5 Å². The molecule has 0 aromatic heterocycles. The molecule has 0 aromatic rings. The third-order valence-corrected chi connectivity index (χ3v) is 0.167. The summed E-state index contributed by atoms with van der Waals surface area (Å²) < 4.78 is 0. The minimum Gasteiger partial charge on any atom is -0.543 e. The molecule has 54 valence electrons. The van der Waals surface area contributed by atoms with E-state index in [-0.39, 0.29) is 34.0 Å². The van der Waals surface area contributed by atoms with Crippen LogP contribution in [-0.2, 0) is 31.3 Å². The maximum absolute atomic E-state index is 8.93. The second-order valence-electron chi connectivity index (χ2n) is 0.575. The minimum absolute atomic E-state index is 0. The molecule has 0 spiro atoms. The normalized spacial score (nSPS) is 4.89. The average Bonchev–Trinajstić information content (AvgIpc) is 1.36. The van der Waals surface area contributed by atoms with E-state index in [9.17, 15) is 0 Å². The molecule has 0 amide bonds. The summed E-state index contributed by atoms with van der Waals surface area (Å²) in [5, 5.41) is 17.9. The summed E-state index contributed by atoms with van der Waals surface area (Å²) >= 11 is 0. The largest absolute Gasteiger partial charge is 0.543 e. The maximum Gasteiger partial charge on any atom is 0.0870 e. The molecule has 7 heteroatoms. The van der Waals surface area contributed by atoms with E-state index < -0.39 is 11.9 Å². The quantitative estimate of drug-likeness (QED) is 0.299. The average molecular weight is 172 g/mol. The molecule has 0 bridgehead atoms. The van der Waals surface area contributed by atoms with Gasteiger partial charge in [-0.3, -0.25) is 0 Å². The number of hydrogen-bond acceptors (Lipinski definition) is 4. The van der Waals surface area contributed by atoms with Crippen LogP contribution in [0.25, 0.3) is 0 Å². The molecular weight excluding hydrogens is 164 g/mol. The van der Waals surface area contributed by atoms with Crippen molar-refractivity contribution in [2.45, 2.75) is 0 Å². The Kier molecular flexibility index (Phi) is 27.5. The van der Waals surface area contributed by atoms with Crippen molar-refractivity contribution in [2.75, 3.05) is 0 Å². The Morgan fingerprint density at radius 2 is 1.00 bits per heavy atom. The molecule has 0 radical (unpaired) electrons. The van der Waals surface area contributed by atoms with Gasteiger partial charge in [0.1, 0.15) is 0 Å². The zero-order valence-corrected chi connectivity index (χ0v) is 6.69. The standard InChI is InChI=1S/C2H2O4.2H3N.Ti/c3-1(4)2(5)6;;;/h(H,3,4)(H,5,6);2*1H3;. The predicted molar refractivity (Wildman–Crippen MR) is 22.0 cm³/mol. The fourth-order valence-electron chi connectivity index (χ4n) is 0. The Hall–Kier alpha value is -0.426. The minimum atomic E-state index is -2.19. The fraction of sp³-hybridized carbons (Fsp3) is 0. The first-order chi connectivity index (χ1) is 2.64. The predicted octanol–water partition coefficient (Wildman–Crippen LogP) is -2.76. The summed E-state index contributed by atoms with van der Waals surface area (Å²) in [6.45, 7) is 0. The second kappa shape index (κ2) is 10.5. The van der Waals surface area contributed by atoms with Crippen molar-refractivity contribution >= 4 is 11.9 Å². The summed E-state index contributed by atoms with van der Waals surface area (Å²) in [4.78, 5) is 17.9. The molecular formula is C2H8N2O4Ti. The van der Waals surface area contributed by atoms with Gasteiger partial charge in [0.2, 0.25) is 0 Å². The monoisotopic (exact) mass is 172 g/mol. The third-order valence-electron chi connectivity index (χ3n) is 0.167. The molecule has 6 nitrogen and oxygen atoms in total. The molecule has 0 aliphatic rings. The number of hydrogen-bond donors (Lipinski definition) is 2. The van der Waals surface area contributed by atoms with E-state index in [2.05, 4.69) is 0 Å². The number of carbonyl (C=O) groups is 2. The summed E-state index contributed by atoms with van der Waals surface area (Å²) in [6.07, 6.45) is 0. The Labute approximate surface area is 66.3 Å². The molecule has 0 atom stereocenters. The van der Waals surface area contributed by atoms with Crippen LogP contribution in [0.1, 0.15) is 0 Å². The van der Waals surface area contributed by atoms with Crippen molar-refractivity contribution in [1.29, 1.82) is 0 Å². The van der Waals surface area contributed by atoms with Crippen LogP contribution in [-0.4, -0.2) is 11.9 Å². The van der Waals surface area contributed by atoms with Gasteiger partial charge < -0.3 is 32.1 Å². The van der Waals surface area contributed by atoms with Gasteiger partial charge in [0.05, 0.1) is 11.9 Å². The molecule has 0 unspecified atom stereocenters. The molecule has 8 N–H and O–H groups in total. The van der Waals surface area contributed by atoms with Crippen LogP contribution in [0.5, 0.6) is 0 Å². The van der Waals surface area contributed by atoms with E-state index in [0.717, 1.165) is 0 Å². The zero-order chi connectivity index (χ0) is 5.15. The van der Waals surface area contributed by atoms with Crippen molar-refractivity contribution in [2.24, 2.45) is 0 Å². The van der Waals surface area contributed by atoms with E-state index in [1.165, 1.54) is 0 Å². The molecule has 0 aromatic carbocycles. The van der Waals surface area contributed by atoms with Crippen LogP contribution < -0.4 is 22.5 Å². The van der Waals surface area contributed by atoms with Gasteiger partial charge in [-0.15, -0.1) is 0 Å². The van der Waals surface area contributed by atoms with Crippen LogP contribution >= 0.6 is 0 Å². The maximum atomic E-state index is 8.93. The number of aliphatic carboxylic acids is 2. The molecule has 0 heterocycles. The molecule has 0 saturated heterocycles. The number of carboxylic acid groups (broad SMARTS) is 2. The Morgan fingerprint density at radius 3 is 1.00 bits per heavy atom. The molecule has 9 heavy (non-hydrogen) atoms. The Balaban J connectivity index is -0.0000000417. The van der Waals surface area contributed by atoms with E-state index >= 15 is 0 Å².